The molecule has 3 saturated heterocycles. The monoisotopic (exact) mass is 448 g/mol. The molecular weight excluding hydrogens is 420 g/mol. The second kappa shape index (κ2) is 9.21. The van der Waals surface area contributed by atoms with Crippen molar-refractivity contribution >= 4 is 28.5 Å². The highest BCUT2D eigenvalue weighted by Crippen LogP contribution is 2.44. The minimum absolute atomic E-state index is 0.174. The van der Waals surface area contributed by atoms with Crippen LogP contribution in [0.3, 0.4) is 0 Å². The van der Waals surface area contributed by atoms with Crippen LogP contribution in [0.1, 0.15) is 43.4 Å². The Hall–Kier alpha value is -2.43. The fourth-order valence-corrected chi connectivity index (χ4v) is 5.86. The minimum Gasteiger partial charge on any atom is -0.456 e. The average molecular weight is 449 g/mol. The van der Waals surface area contributed by atoms with Crippen molar-refractivity contribution in [3.05, 3.63) is 76.9 Å². The third-order valence-electron chi connectivity index (χ3n) is 7.35. The highest BCUT2D eigenvalue weighted by molar-refractivity contribution is 6.31. The Balaban J connectivity index is 1.48. The fourth-order valence-electron chi connectivity index (χ4n) is 5.65. The molecule has 4 heterocycles. The van der Waals surface area contributed by atoms with Crippen LogP contribution in [0.25, 0.3) is 10.9 Å². The van der Waals surface area contributed by atoms with Gasteiger partial charge in [-0.1, -0.05) is 61.3 Å². The Labute approximate surface area is 194 Å². The minimum atomic E-state index is -0.321. The van der Waals surface area contributed by atoms with Crippen molar-refractivity contribution in [1.82, 2.24) is 9.88 Å². The van der Waals surface area contributed by atoms with E-state index in [4.69, 9.17) is 16.3 Å². The number of benzene rings is 2. The Morgan fingerprint density at radius 3 is 2.78 bits per heavy atom. The first-order chi connectivity index (χ1) is 15.6. The van der Waals surface area contributed by atoms with E-state index in [0.29, 0.717) is 10.9 Å². The van der Waals surface area contributed by atoms with E-state index in [1.165, 1.54) is 12.8 Å². The second-order valence-corrected chi connectivity index (χ2v) is 9.52. The van der Waals surface area contributed by atoms with E-state index in [2.05, 4.69) is 22.9 Å². The lowest BCUT2D eigenvalue weighted by molar-refractivity contribution is -0.157. The standard InChI is InChI=1S/C27H29ClN2O2/c1-2-18-17-30-14-12-19(18)15-25(30)27(22-11-13-29-24-10-6-4-8-21(22)24)32-26(31)16-20-7-3-5-9-23(20)28/h3-11,13,18-19,25,27H,2,12,14-17H2,1H3/t18-,19-,25-,27+/m0/s1. The molecule has 32 heavy (non-hydrogen) atoms. The van der Waals surface area contributed by atoms with E-state index < -0.39 is 0 Å². The lowest BCUT2D eigenvalue weighted by Crippen LogP contribution is -2.55. The smallest absolute Gasteiger partial charge is 0.310 e. The van der Waals surface area contributed by atoms with E-state index in [9.17, 15) is 4.79 Å². The van der Waals surface area contributed by atoms with Crippen LogP contribution in [-0.2, 0) is 16.0 Å². The first-order valence-corrected chi connectivity index (χ1v) is 12.0. The van der Waals surface area contributed by atoms with Crippen molar-refractivity contribution in [1.29, 1.82) is 0 Å². The molecule has 6 rings (SSSR count). The van der Waals surface area contributed by atoms with Gasteiger partial charge >= 0.3 is 5.97 Å². The van der Waals surface area contributed by atoms with Crippen LogP contribution in [0, 0.1) is 11.8 Å². The summed E-state index contributed by atoms with van der Waals surface area (Å²) in [7, 11) is 0. The molecule has 1 aromatic heterocycles. The number of hydrogen-bond donors (Lipinski definition) is 0. The normalized spacial score (nSPS) is 25.6. The number of halogens is 1. The number of rotatable bonds is 6. The molecule has 0 N–H and O–H groups in total. The Morgan fingerprint density at radius 2 is 2.00 bits per heavy atom. The van der Waals surface area contributed by atoms with E-state index in [1.54, 1.807) is 0 Å². The molecule has 2 aromatic carbocycles. The summed E-state index contributed by atoms with van der Waals surface area (Å²) in [4.78, 5) is 20.2. The molecule has 5 atom stereocenters. The number of nitrogens with zero attached hydrogens (tertiary/aromatic N) is 2. The predicted molar refractivity (Wildman–Crippen MR) is 128 cm³/mol. The number of hydrogen-bond acceptors (Lipinski definition) is 4. The van der Waals surface area contributed by atoms with Gasteiger partial charge in [0.2, 0.25) is 0 Å². The van der Waals surface area contributed by atoms with Gasteiger partial charge in [-0.3, -0.25) is 14.7 Å². The zero-order valence-electron chi connectivity index (χ0n) is 18.4. The number of aromatic nitrogens is 1. The lowest BCUT2D eigenvalue weighted by Gasteiger charge is -2.51. The van der Waals surface area contributed by atoms with E-state index in [1.807, 2.05) is 54.7 Å². The van der Waals surface area contributed by atoms with Gasteiger partial charge in [-0.05, 0) is 55.0 Å². The van der Waals surface area contributed by atoms with E-state index >= 15 is 0 Å². The van der Waals surface area contributed by atoms with Gasteiger partial charge in [0.1, 0.15) is 6.10 Å². The molecule has 0 aliphatic carbocycles. The molecule has 1 unspecified atom stereocenters. The number of carbonyl (C=O) groups is 1. The number of esters is 1. The van der Waals surface area contributed by atoms with Crippen LogP contribution in [-0.4, -0.2) is 35.0 Å². The van der Waals surface area contributed by atoms with Crippen LogP contribution >= 0.6 is 11.6 Å². The maximum atomic E-state index is 13.1. The second-order valence-electron chi connectivity index (χ2n) is 9.11. The van der Waals surface area contributed by atoms with Crippen molar-refractivity contribution in [2.24, 2.45) is 11.8 Å². The SMILES string of the molecule is CC[C@H]1CN2CC[C@H]1C[C@H]2[C@H](OC(=O)Cc1ccccc1Cl)c1ccnc2ccccc12. The lowest BCUT2D eigenvalue weighted by atomic mass is 9.72. The Morgan fingerprint density at radius 1 is 1.19 bits per heavy atom. The van der Waals surface area contributed by atoms with Crippen LogP contribution in [0.2, 0.25) is 5.02 Å². The molecular formula is C27H29ClN2O2. The number of ether oxygens (including phenoxy) is 1. The molecule has 0 radical (unpaired) electrons. The summed E-state index contributed by atoms with van der Waals surface area (Å²) in [6, 6.07) is 17.8. The summed E-state index contributed by atoms with van der Waals surface area (Å²) in [6.45, 7) is 4.46. The van der Waals surface area contributed by atoms with Gasteiger partial charge in [0.15, 0.2) is 0 Å². The highest BCUT2D eigenvalue weighted by atomic mass is 35.5. The molecule has 0 spiro atoms. The first-order valence-electron chi connectivity index (χ1n) is 11.6. The van der Waals surface area contributed by atoms with Gasteiger partial charge in [0.25, 0.3) is 0 Å². The Bertz CT molecular complexity index is 1110. The molecule has 0 saturated carbocycles. The van der Waals surface area contributed by atoms with Gasteiger partial charge in [0, 0.05) is 28.7 Å². The van der Waals surface area contributed by atoms with Crippen LogP contribution < -0.4 is 0 Å². The Kier molecular flexibility index (Phi) is 6.16. The summed E-state index contributed by atoms with van der Waals surface area (Å²) in [5, 5.41) is 1.65. The summed E-state index contributed by atoms with van der Waals surface area (Å²) < 4.78 is 6.30. The number of fused-ring (bicyclic) bond motifs is 4. The van der Waals surface area contributed by atoms with Crippen molar-refractivity contribution in [2.45, 2.75) is 44.8 Å². The number of piperidine rings is 3. The van der Waals surface area contributed by atoms with Crippen molar-refractivity contribution in [3.63, 3.8) is 0 Å². The maximum absolute atomic E-state index is 13.1. The topological polar surface area (TPSA) is 42.4 Å². The van der Waals surface area contributed by atoms with Crippen molar-refractivity contribution < 1.29 is 9.53 Å². The summed E-state index contributed by atoms with van der Waals surface area (Å²) in [5.41, 5.74) is 2.78. The van der Waals surface area contributed by atoms with Crippen LogP contribution in [0.15, 0.2) is 60.8 Å². The van der Waals surface area contributed by atoms with Gasteiger partial charge in [-0.2, -0.15) is 0 Å². The summed E-state index contributed by atoms with van der Waals surface area (Å²) in [5.74, 6) is 1.21. The highest BCUT2D eigenvalue weighted by Gasteiger charge is 2.44. The van der Waals surface area contributed by atoms with Gasteiger partial charge in [0.05, 0.1) is 18.0 Å². The molecule has 0 amide bonds. The molecule has 5 heteroatoms. The average Bonchev–Trinajstić information content (AvgIpc) is 2.84. The van der Waals surface area contributed by atoms with Crippen molar-refractivity contribution in [2.75, 3.05) is 13.1 Å². The molecule has 3 fully saturated rings. The van der Waals surface area contributed by atoms with Gasteiger partial charge in [-0.25, -0.2) is 0 Å². The van der Waals surface area contributed by atoms with Gasteiger partial charge < -0.3 is 4.74 Å². The maximum Gasteiger partial charge on any atom is 0.310 e. The molecule has 3 aliphatic rings. The van der Waals surface area contributed by atoms with Gasteiger partial charge in [-0.15, -0.1) is 0 Å². The number of carbonyl (C=O) groups excluding carboxylic acids is 1. The molecule has 4 nitrogen and oxygen atoms in total. The molecule has 3 aromatic rings. The molecule has 166 valence electrons. The summed E-state index contributed by atoms with van der Waals surface area (Å²) in [6.07, 6.45) is 5.21. The zero-order valence-corrected chi connectivity index (χ0v) is 19.2. The fraction of sp³-hybridized carbons (Fsp3) is 0.407. The predicted octanol–water partition coefficient (Wildman–Crippen LogP) is 5.84. The zero-order chi connectivity index (χ0) is 22.1. The number of para-hydroxylation sites is 1. The van der Waals surface area contributed by atoms with Crippen LogP contribution in [0.4, 0.5) is 0 Å². The number of pyridine rings is 1. The van der Waals surface area contributed by atoms with Crippen LogP contribution in [0.5, 0.6) is 0 Å². The third kappa shape index (κ3) is 4.14. The van der Waals surface area contributed by atoms with E-state index in [0.717, 1.165) is 47.5 Å². The third-order valence-corrected chi connectivity index (χ3v) is 7.72. The largest absolute Gasteiger partial charge is 0.456 e. The first kappa shape index (κ1) is 21.4. The van der Waals surface area contributed by atoms with Crippen molar-refractivity contribution in [3.8, 4) is 0 Å². The summed E-state index contributed by atoms with van der Waals surface area (Å²) >= 11 is 6.31. The van der Waals surface area contributed by atoms with E-state index in [-0.39, 0.29) is 24.5 Å². The quantitative estimate of drug-likeness (QED) is 0.444. The molecule has 2 bridgehead atoms. The molecule has 3 aliphatic heterocycles.